The molecule has 1 aromatic rings. The molecule has 0 aliphatic heterocycles. The number of aryl methyl sites for hydroxylation is 2. The van der Waals surface area contributed by atoms with Crippen LogP contribution < -0.4 is 5.32 Å². The molecular formula is C14H24N2O. The van der Waals surface area contributed by atoms with E-state index in [-0.39, 0.29) is 6.04 Å². The molecule has 1 N–H and O–H groups in total. The van der Waals surface area contributed by atoms with Crippen molar-refractivity contribution in [3.63, 3.8) is 0 Å². The van der Waals surface area contributed by atoms with Gasteiger partial charge in [0.2, 0.25) is 0 Å². The number of nitrogens with zero attached hydrogens (tertiary/aromatic N) is 1. The molecule has 0 aliphatic rings. The van der Waals surface area contributed by atoms with E-state index in [9.17, 15) is 0 Å². The maximum Gasteiger partial charge on any atom is 0.138 e. The summed E-state index contributed by atoms with van der Waals surface area (Å²) < 4.78 is 5.21. The molecule has 0 fully saturated rings. The average Bonchev–Trinajstić information content (AvgIpc) is 2.64. The molecule has 0 spiro atoms. The normalized spacial score (nSPS) is 14.6. The maximum absolute atomic E-state index is 5.21. The highest BCUT2D eigenvalue weighted by molar-refractivity contribution is 5.24. The summed E-state index contributed by atoms with van der Waals surface area (Å²) in [5, 5.41) is 7.64. The van der Waals surface area contributed by atoms with Gasteiger partial charge >= 0.3 is 0 Å². The SMILES string of the molecule is C=CCC[C@H](CC)N[C@H](C)c1c(C)noc1C. The van der Waals surface area contributed by atoms with Crippen LogP contribution in [0, 0.1) is 13.8 Å². The van der Waals surface area contributed by atoms with Crippen LogP contribution in [0.25, 0.3) is 0 Å². The lowest BCUT2D eigenvalue weighted by Gasteiger charge is -2.22. The van der Waals surface area contributed by atoms with Crippen molar-refractivity contribution < 1.29 is 4.52 Å². The molecule has 3 nitrogen and oxygen atoms in total. The zero-order chi connectivity index (χ0) is 12.8. The predicted molar refractivity (Wildman–Crippen MR) is 71.0 cm³/mol. The van der Waals surface area contributed by atoms with Crippen molar-refractivity contribution in [1.82, 2.24) is 10.5 Å². The lowest BCUT2D eigenvalue weighted by Crippen LogP contribution is -2.31. The Hall–Kier alpha value is -1.09. The van der Waals surface area contributed by atoms with Gasteiger partial charge in [0, 0.05) is 17.6 Å². The van der Waals surface area contributed by atoms with Gasteiger partial charge in [0.1, 0.15) is 5.76 Å². The fourth-order valence-electron chi connectivity index (χ4n) is 2.27. The fourth-order valence-corrected chi connectivity index (χ4v) is 2.27. The maximum atomic E-state index is 5.21. The lowest BCUT2D eigenvalue weighted by atomic mass is 10.0. The van der Waals surface area contributed by atoms with Crippen molar-refractivity contribution in [2.45, 2.75) is 59.0 Å². The molecule has 0 unspecified atom stereocenters. The molecule has 17 heavy (non-hydrogen) atoms. The number of aromatic nitrogens is 1. The molecule has 1 heterocycles. The molecule has 1 rings (SSSR count). The molecule has 0 bridgehead atoms. The molecule has 0 amide bonds. The van der Waals surface area contributed by atoms with Crippen molar-refractivity contribution in [1.29, 1.82) is 0 Å². The molecule has 3 heteroatoms. The van der Waals surface area contributed by atoms with Gasteiger partial charge in [-0.1, -0.05) is 18.2 Å². The Morgan fingerprint density at radius 2 is 2.18 bits per heavy atom. The van der Waals surface area contributed by atoms with Crippen molar-refractivity contribution in [3.8, 4) is 0 Å². The Labute approximate surface area is 104 Å². The van der Waals surface area contributed by atoms with E-state index in [1.54, 1.807) is 0 Å². The van der Waals surface area contributed by atoms with Crippen LogP contribution in [0.3, 0.4) is 0 Å². The quantitative estimate of drug-likeness (QED) is 0.734. The van der Waals surface area contributed by atoms with Crippen LogP contribution in [0.5, 0.6) is 0 Å². The first-order chi connectivity index (χ1) is 8.10. The Bertz CT molecular complexity index is 338. The van der Waals surface area contributed by atoms with Crippen LogP contribution >= 0.6 is 0 Å². The van der Waals surface area contributed by atoms with Crippen molar-refractivity contribution in [2.24, 2.45) is 0 Å². The van der Waals surface area contributed by atoms with Crippen LogP contribution in [0.15, 0.2) is 17.2 Å². The Balaban J connectivity index is 2.64. The van der Waals surface area contributed by atoms with Gasteiger partial charge in [-0.05, 0) is 40.0 Å². The standard InChI is InChI=1S/C14H24N2O/c1-6-8-9-13(7-2)15-10(3)14-11(4)16-17-12(14)5/h6,10,13,15H,1,7-9H2,2-5H3/t10-,13+/m1/s1. The van der Waals surface area contributed by atoms with E-state index in [0.717, 1.165) is 30.7 Å². The molecule has 2 atom stereocenters. The first kappa shape index (κ1) is 14.0. The van der Waals surface area contributed by atoms with Crippen molar-refractivity contribution >= 4 is 0 Å². The topological polar surface area (TPSA) is 38.1 Å². The Morgan fingerprint density at radius 3 is 2.65 bits per heavy atom. The first-order valence-electron chi connectivity index (χ1n) is 6.39. The highest BCUT2D eigenvalue weighted by Crippen LogP contribution is 2.22. The number of hydrogen-bond acceptors (Lipinski definition) is 3. The van der Waals surface area contributed by atoms with E-state index >= 15 is 0 Å². The van der Waals surface area contributed by atoms with Gasteiger partial charge in [-0.15, -0.1) is 6.58 Å². The summed E-state index contributed by atoms with van der Waals surface area (Å²) in [5.41, 5.74) is 2.18. The molecule has 1 aromatic heterocycles. The van der Waals surface area contributed by atoms with Gasteiger partial charge in [-0.2, -0.15) is 0 Å². The largest absolute Gasteiger partial charge is 0.361 e. The second-order valence-electron chi connectivity index (χ2n) is 4.60. The van der Waals surface area contributed by atoms with E-state index in [0.29, 0.717) is 6.04 Å². The summed E-state index contributed by atoms with van der Waals surface area (Å²) in [6, 6.07) is 0.813. The van der Waals surface area contributed by atoms with Crippen LogP contribution in [0.2, 0.25) is 0 Å². The summed E-state index contributed by atoms with van der Waals surface area (Å²) in [6.45, 7) is 12.1. The number of nitrogens with one attached hydrogen (secondary N) is 1. The van der Waals surface area contributed by atoms with Gasteiger partial charge in [0.25, 0.3) is 0 Å². The van der Waals surface area contributed by atoms with Crippen LogP contribution in [0.4, 0.5) is 0 Å². The summed E-state index contributed by atoms with van der Waals surface area (Å²) in [7, 11) is 0. The highest BCUT2D eigenvalue weighted by atomic mass is 16.5. The molecular weight excluding hydrogens is 212 g/mol. The number of allylic oxidation sites excluding steroid dienone is 1. The monoisotopic (exact) mass is 236 g/mol. The summed E-state index contributed by atoms with van der Waals surface area (Å²) in [6.07, 6.45) is 5.29. The second kappa shape index (κ2) is 6.60. The molecule has 0 radical (unpaired) electrons. The van der Waals surface area contributed by atoms with E-state index < -0.39 is 0 Å². The van der Waals surface area contributed by atoms with Crippen LogP contribution in [0.1, 0.15) is 56.2 Å². The number of hydrogen-bond donors (Lipinski definition) is 1. The zero-order valence-corrected chi connectivity index (χ0v) is 11.4. The minimum atomic E-state index is 0.288. The third kappa shape index (κ3) is 3.70. The van der Waals surface area contributed by atoms with Gasteiger partial charge in [0.15, 0.2) is 0 Å². The average molecular weight is 236 g/mol. The predicted octanol–water partition coefficient (Wildman–Crippen LogP) is 3.69. The minimum absolute atomic E-state index is 0.288. The summed E-state index contributed by atoms with van der Waals surface area (Å²) in [5.74, 6) is 0.918. The zero-order valence-electron chi connectivity index (χ0n) is 11.4. The fraction of sp³-hybridized carbons (Fsp3) is 0.643. The summed E-state index contributed by atoms with van der Waals surface area (Å²) >= 11 is 0. The summed E-state index contributed by atoms with van der Waals surface area (Å²) in [4.78, 5) is 0. The van der Waals surface area contributed by atoms with Crippen LogP contribution in [-0.2, 0) is 0 Å². The molecule has 0 saturated carbocycles. The highest BCUT2D eigenvalue weighted by Gasteiger charge is 2.18. The van der Waals surface area contributed by atoms with Crippen molar-refractivity contribution in [2.75, 3.05) is 0 Å². The second-order valence-corrected chi connectivity index (χ2v) is 4.60. The number of rotatable bonds is 7. The van der Waals surface area contributed by atoms with E-state index in [1.807, 2.05) is 19.9 Å². The van der Waals surface area contributed by atoms with Gasteiger partial charge in [-0.3, -0.25) is 0 Å². The molecule has 0 saturated heterocycles. The molecule has 0 aliphatic carbocycles. The van der Waals surface area contributed by atoms with Gasteiger partial charge in [-0.25, -0.2) is 0 Å². The van der Waals surface area contributed by atoms with E-state index in [1.165, 1.54) is 5.56 Å². The molecule has 0 aromatic carbocycles. The van der Waals surface area contributed by atoms with E-state index in [4.69, 9.17) is 4.52 Å². The van der Waals surface area contributed by atoms with Crippen molar-refractivity contribution in [3.05, 3.63) is 29.7 Å². The Kier molecular flexibility index (Phi) is 5.42. The lowest BCUT2D eigenvalue weighted by molar-refractivity contribution is 0.386. The molecule has 96 valence electrons. The third-order valence-electron chi connectivity index (χ3n) is 3.22. The van der Waals surface area contributed by atoms with E-state index in [2.05, 4.69) is 30.9 Å². The third-order valence-corrected chi connectivity index (χ3v) is 3.22. The van der Waals surface area contributed by atoms with Gasteiger partial charge < -0.3 is 9.84 Å². The Morgan fingerprint density at radius 1 is 1.47 bits per heavy atom. The first-order valence-corrected chi connectivity index (χ1v) is 6.39. The minimum Gasteiger partial charge on any atom is -0.361 e. The van der Waals surface area contributed by atoms with Crippen LogP contribution in [-0.4, -0.2) is 11.2 Å². The van der Waals surface area contributed by atoms with Gasteiger partial charge in [0.05, 0.1) is 5.69 Å². The smallest absolute Gasteiger partial charge is 0.138 e.